The van der Waals surface area contributed by atoms with E-state index in [0.29, 0.717) is 16.4 Å². The van der Waals surface area contributed by atoms with E-state index in [-0.39, 0.29) is 33.8 Å². The average molecular weight is 590 g/mol. The van der Waals surface area contributed by atoms with Crippen molar-refractivity contribution in [3.63, 3.8) is 0 Å². The topological polar surface area (TPSA) is 74.7 Å². The second-order valence-corrected chi connectivity index (χ2v) is 11.0. The van der Waals surface area contributed by atoms with E-state index in [2.05, 4.69) is 0 Å². The van der Waals surface area contributed by atoms with Crippen LogP contribution in [0.15, 0.2) is 65.6 Å². The molecule has 0 saturated carbocycles. The molecule has 0 amide bonds. The third kappa shape index (κ3) is 5.91. The van der Waals surface area contributed by atoms with Crippen molar-refractivity contribution in [1.82, 2.24) is 0 Å². The van der Waals surface area contributed by atoms with E-state index < -0.39 is 56.8 Å². The Morgan fingerprint density at radius 3 is 2.28 bits per heavy atom. The van der Waals surface area contributed by atoms with Gasteiger partial charge in [-0.1, -0.05) is 48.0 Å². The van der Waals surface area contributed by atoms with Crippen LogP contribution in [0.1, 0.15) is 27.8 Å². The number of rotatable bonds is 5. The summed E-state index contributed by atoms with van der Waals surface area (Å²) in [4.78, 5) is 11.1. The molecule has 39 heavy (non-hydrogen) atoms. The molecule has 1 heterocycles. The Bertz CT molecular complexity index is 1570. The molecule has 0 saturated heterocycles. The molecule has 0 bridgehead atoms. The van der Waals surface area contributed by atoms with Crippen LogP contribution in [0.3, 0.4) is 0 Å². The largest absolute Gasteiger partial charge is 0.481 e. The molecular formula is C26H18ClF6NO4S. The molecule has 0 aromatic heterocycles. The number of benzene rings is 3. The maximum atomic E-state index is 13.5. The molecule has 0 aliphatic carbocycles. The van der Waals surface area contributed by atoms with Crippen LogP contribution in [0, 0.1) is 5.92 Å². The summed E-state index contributed by atoms with van der Waals surface area (Å²) >= 11 is 5.98. The van der Waals surface area contributed by atoms with Crippen molar-refractivity contribution >= 4 is 45.4 Å². The second kappa shape index (κ2) is 10.2. The minimum Gasteiger partial charge on any atom is -0.481 e. The zero-order valence-corrected chi connectivity index (χ0v) is 21.2. The van der Waals surface area contributed by atoms with Gasteiger partial charge in [0.1, 0.15) is 0 Å². The number of carboxylic acid groups (broad SMARTS) is 1. The predicted octanol–water partition coefficient (Wildman–Crippen LogP) is 7.00. The molecule has 13 heteroatoms. The van der Waals surface area contributed by atoms with Crippen molar-refractivity contribution in [2.75, 3.05) is 10.8 Å². The Morgan fingerprint density at radius 2 is 1.64 bits per heavy atom. The first-order valence-electron chi connectivity index (χ1n) is 11.2. The van der Waals surface area contributed by atoms with Gasteiger partial charge in [-0.05, 0) is 53.9 Å². The van der Waals surface area contributed by atoms with Crippen LogP contribution >= 0.6 is 11.6 Å². The van der Waals surface area contributed by atoms with Crippen LogP contribution in [-0.4, -0.2) is 26.0 Å². The highest BCUT2D eigenvalue weighted by Crippen LogP contribution is 2.39. The number of alkyl halides is 6. The van der Waals surface area contributed by atoms with Crippen LogP contribution in [-0.2, 0) is 33.6 Å². The number of aliphatic carboxylic acids is 1. The van der Waals surface area contributed by atoms with Crippen LogP contribution in [0.2, 0.25) is 5.02 Å². The van der Waals surface area contributed by atoms with Gasteiger partial charge in [-0.15, -0.1) is 0 Å². The molecule has 1 atom stereocenters. The number of nitrogens with zero attached hydrogens (tertiary/aromatic N) is 1. The molecule has 1 aliphatic heterocycles. The number of anilines is 1. The number of hydrogen-bond donors (Lipinski definition) is 1. The van der Waals surface area contributed by atoms with Crippen molar-refractivity contribution in [3.8, 4) is 0 Å². The molecule has 1 unspecified atom stereocenters. The summed E-state index contributed by atoms with van der Waals surface area (Å²) in [5, 5.41) is 9.40. The zero-order valence-electron chi connectivity index (χ0n) is 19.6. The normalized spacial score (nSPS) is 16.4. The van der Waals surface area contributed by atoms with E-state index in [4.69, 9.17) is 11.6 Å². The van der Waals surface area contributed by atoms with E-state index in [1.165, 1.54) is 30.3 Å². The SMILES string of the molecule is O=C(O)C1Cc2ccc(C=Cc3c(Cl)cccc3C(F)(F)F)cc2N(S(=O)(=O)c2cccc(C(F)(F)F)c2)C1. The van der Waals surface area contributed by atoms with Gasteiger partial charge in [-0.25, -0.2) is 8.42 Å². The van der Waals surface area contributed by atoms with Crippen molar-refractivity contribution < 1.29 is 44.7 Å². The fourth-order valence-electron chi connectivity index (χ4n) is 4.20. The summed E-state index contributed by atoms with van der Waals surface area (Å²) in [5.74, 6) is -2.48. The van der Waals surface area contributed by atoms with Gasteiger partial charge < -0.3 is 5.11 Å². The minimum absolute atomic E-state index is 0.00210. The summed E-state index contributed by atoms with van der Waals surface area (Å²) in [6.07, 6.45) is -7.19. The second-order valence-electron chi connectivity index (χ2n) is 8.72. The Morgan fingerprint density at radius 1 is 0.949 bits per heavy atom. The first-order valence-corrected chi connectivity index (χ1v) is 13.0. The van der Waals surface area contributed by atoms with E-state index in [9.17, 15) is 44.7 Å². The lowest BCUT2D eigenvalue weighted by molar-refractivity contribution is -0.141. The Labute approximate surface area is 224 Å². The van der Waals surface area contributed by atoms with Gasteiger partial charge in [0, 0.05) is 17.1 Å². The number of carboxylic acids is 1. The molecule has 1 aliphatic rings. The van der Waals surface area contributed by atoms with E-state index in [1.54, 1.807) is 0 Å². The number of fused-ring (bicyclic) bond motifs is 1. The Kier molecular flexibility index (Phi) is 7.48. The maximum absolute atomic E-state index is 13.5. The third-order valence-electron chi connectivity index (χ3n) is 6.13. The summed E-state index contributed by atoms with van der Waals surface area (Å²) in [7, 11) is -4.67. The highest BCUT2D eigenvalue weighted by Gasteiger charge is 2.38. The van der Waals surface area contributed by atoms with Crippen molar-refractivity contribution in [2.24, 2.45) is 5.92 Å². The van der Waals surface area contributed by atoms with Gasteiger partial charge >= 0.3 is 18.3 Å². The molecule has 5 nitrogen and oxygen atoms in total. The lowest BCUT2D eigenvalue weighted by Gasteiger charge is -2.34. The lowest BCUT2D eigenvalue weighted by atomic mass is 9.93. The standard InChI is InChI=1S/C26H18ClF6NO4S/c27-22-6-2-5-21(26(31,32)33)20(22)10-8-15-7-9-16-12-17(24(35)36)14-34(23(16)11-15)39(37,38)19-4-1-3-18(13-19)25(28,29)30/h1-11,13,17H,12,14H2,(H,35,36). The van der Waals surface area contributed by atoms with Crippen LogP contribution in [0.4, 0.5) is 32.0 Å². The van der Waals surface area contributed by atoms with Gasteiger partial charge in [0.2, 0.25) is 0 Å². The smallest absolute Gasteiger partial charge is 0.417 e. The predicted molar refractivity (Wildman–Crippen MR) is 133 cm³/mol. The quantitative estimate of drug-likeness (QED) is 0.257. The number of hydrogen-bond acceptors (Lipinski definition) is 3. The average Bonchev–Trinajstić information content (AvgIpc) is 2.86. The number of sulfonamides is 1. The molecule has 0 spiro atoms. The van der Waals surface area contributed by atoms with E-state index in [0.717, 1.165) is 30.3 Å². The summed E-state index contributed by atoms with van der Waals surface area (Å²) in [5.41, 5.74) is -1.96. The molecular weight excluding hydrogens is 572 g/mol. The molecule has 3 aromatic carbocycles. The molecule has 0 fully saturated rings. The number of halogens is 7. The highest BCUT2D eigenvalue weighted by atomic mass is 35.5. The molecule has 3 aromatic rings. The monoisotopic (exact) mass is 589 g/mol. The zero-order chi connectivity index (χ0) is 28.8. The van der Waals surface area contributed by atoms with Crippen LogP contribution in [0.25, 0.3) is 12.2 Å². The maximum Gasteiger partial charge on any atom is 0.417 e. The molecule has 4 rings (SSSR count). The minimum atomic E-state index is -4.82. The molecule has 1 N–H and O–H groups in total. The number of carbonyl (C=O) groups is 1. The van der Waals surface area contributed by atoms with E-state index >= 15 is 0 Å². The lowest BCUT2D eigenvalue weighted by Crippen LogP contribution is -2.42. The van der Waals surface area contributed by atoms with Gasteiger partial charge in [0.25, 0.3) is 10.0 Å². The van der Waals surface area contributed by atoms with Crippen molar-refractivity contribution in [2.45, 2.75) is 23.7 Å². The summed E-state index contributed by atoms with van der Waals surface area (Å²) < 4.78 is 108. The molecule has 0 radical (unpaired) electrons. The van der Waals surface area contributed by atoms with Gasteiger partial charge in [0.15, 0.2) is 0 Å². The fraction of sp³-hybridized carbons (Fsp3) is 0.192. The summed E-state index contributed by atoms with van der Waals surface area (Å²) in [6, 6.07) is 10.5. The van der Waals surface area contributed by atoms with Crippen LogP contribution < -0.4 is 4.31 Å². The Hall–Kier alpha value is -3.51. The van der Waals surface area contributed by atoms with E-state index in [1.807, 2.05) is 0 Å². The van der Waals surface area contributed by atoms with Crippen molar-refractivity contribution in [1.29, 1.82) is 0 Å². The molecule has 206 valence electrons. The third-order valence-corrected chi connectivity index (χ3v) is 8.24. The summed E-state index contributed by atoms with van der Waals surface area (Å²) in [6.45, 7) is -0.559. The Balaban J connectivity index is 1.80. The van der Waals surface area contributed by atoms with Crippen LogP contribution in [0.5, 0.6) is 0 Å². The van der Waals surface area contributed by atoms with Gasteiger partial charge in [-0.2, -0.15) is 26.3 Å². The van der Waals surface area contributed by atoms with Gasteiger partial charge in [-0.3, -0.25) is 9.10 Å². The first-order chi connectivity index (χ1) is 18.1. The van der Waals surface area contributed by atoms with Gasteiger partial charge in [0.05, 0.1) is 27.6 Å². The first kappa shape index (κ1) is 28.5. The van der Waals surface area contributed by atoms with Crippen molar-refractivity contribution in [3.05, 3.63) is 93.5 Å². The highest BCUT2D eigenvalue weighted by molar-refractivity contribution is 7.92. The fourth-order valence-corrected chi connectivity index (χ4v) is 6.03.